The second-order valence-electron chi connectivity index (χ2n) is 5.06. The van der Waals surface area contributed by atoms with Crippen LogP contribution in [-0.2, 0) is 10.2 Å². The van der Waals surface area contributed by atoms with Gasteiger partial charge >= 0.3 is 11.7 Å². The van der Waals surface area contributed by atoms with Crippen molar-refractivity contribution in [1.29, 1.82) is 0 Å². The zero-order valence-electron chi connectivity index (χ0n) is 10.3. The summed E-state index contributed by atoms with van der Waals surface area (Å²) in [6.45, 7) is 4.96. The largest absolute Gasteiger partial charge is 0.502 e. The monoisotopic (exact) mass is 251 g/mol. The van der Waals surface area contributed by atoms with Crippen molar-refractivity contribution in [2.45, 2.75) is 32.6 Å². The summed E-state index contributed by atoms with van der Waals surface area (Å²) in [5, 5.41) is 21.0. The number of carbonyl (C=O) groups is 1. The number of hydrogen-bond donors (Lipinski definition) is 1. The first-order chi connectivity index (χ1) is 8.24. The van der Waals surface area contributed by atoms with E-state index in [-0.39, 0.29) is 29.2 Å². The molecule has 1 N–H and O–H groups in total. The summed E-state index contributed by atoms with van der Waals surface area (Å²) in [4.78, 5) is 21.9. The van der Waals surface area contributed by atoms with Crippen molar-refractivity contribution in [3.63, 3.8) is 0 Å². The van der Waals surface area contributed by atoms with Crippen LogP contribution in [0.1, 0.15) is 31.4 Å². The van der Waals surface area contributed by atoms with E-state index in [0.29, 0.717) is 5.56 Å². The number of nitro groups is 1. The fraction of sp³-hybridized carbons (Fsp3) is 0.417. The maximum absolute atomic E-state index is 11.5. The second-order valence-corrected chi connectivity index (χ2v) is 5.06. The van der Waals surface area contributed by atoms with Crippen molar-refractivity contribution in [3.8, 4) is 11.5 Å². The Morgan fingerprint density at radius 2 is 2.11 bits per heavy atom. The Morgan fingerprint density at radius 3 is 2.67 bits per heavy atom. The molecule has 0 amide bonds. The lowest BCUT2D eigenvalue weighted by Gasteiger charge is -2.30. The molecule has 0 bridgehead atoms. The van der Waals surface area contributed by atoms with Gasteiger partial charge in [0.25, 0.3) is 0 Å². The van der Waals surface area contributed by atoms with Crippen LogP contribution in [-0.4, -0.2) is 16.0 Å². The number of rotatable bonds is 1. The molecule has 0 radical (unpaired) electrons. The Hall–Kier alpha value is -2.11. The molecular weight excluding hydrogens is 238 g/mol. The molecule has 6 heteroatoms. The molecule has 1 aromatic carbocycles. The standard InChI is InChI=1S/C12H13NO5/c1-6-4-7-9(10(11(6)15)13(16)17)12(2,3)5-8(14)18-7/h4,15H,5H2,1-3H3. The Morgan fingerprint density at radius 1 is 1.50 bits per heavy atom. The summed E-state index contributed by atoms with van der Waals surface area (Å²) in [7, 11) is 0. The van der Waals surface area contributed by atoms with E-state index in [1.165, 1.54) is 13.0 Å². The number of esters is 1. The average Bonchev–Trinajstić information content (AvgIpc) is 2.19. The van der Waals surface area contributed by atoms with E-state index in [1.54, 1.807) is 13.8 Å². The number of phenolic OH excluding ortho intramolecular Hbond substituents is 1. The van der Waals surface area contributed by atoms with Crippen LogP contribution < -0.4 is 4.74 Å². The van der Waals surface area contributed by atoms with Crippen LogP contribution in [0.4, 0.5) is 5.69 Å². The van der Waals surface area contributed by atoms with Gasteiger partial charge in [-0.25, -0.2) is 0 Å². The topological polar surface area (TPSA) is 89.7 Å². The van der Waals surface area contributed by atoms with Crippen molar-refractivity contribution in [3.05, 3.63) is 27.3 Å². The first-order valence-electron chi connectivity index (χ1n) is 5.46. The van der Waals surface area contributed by atoms with E-state index in [2.05, 4.69) is 0 Å². The van der Waals surface area contributed by atoms with Gasteiger partial charge in [-0.2, -0.15) is 0 Å². The fourth-order valence-corrected chi connectivity index (χ4v) is 2.28. The van der Waals surface area contributed by atoms with Crippen molar-refractivity contribution in [1.82, 2.24) is 0 Å². The first-order valence-corrected chi connectivity index (χ1v) is 5.46. The molecule has 96 valence electrons. The van der Waals surface area contributed by atoms with Crippen molar-refractivity contribution >= 4 is 11.7 Å². The second kappa shape index (κ2) is 3.69. The summed E-state index contributed by atoms with van der Waals surface area (Å²) < 4.78 is 5.04. The van der Waals surface area contributed by atoms with Crippen LogP contribution in [0.15, 0.2) is 6.07 Å². The highest BCUT2D eigenvalue weighted by atomic mass is 16.6. The smallest absolute Gasteiger partial charge is 0.318 e. The van der Waals surface area contributed by atoms with Crippen LogP contribution in [0.25, 0.3) is 0 Å². The summed E-state index contributed by atoms with van der Waals surface area (Å²) >= 11 is 0. The third-order valence-electron chi connectivity index (χ3n) is 3.10. The van der Waals surface area contributed by atoms with Crippen LogP contribution in [0, 0.1) is 17.0 Å². The molecule has 1 heterocycles. The predicted molar refractivity (Wildman–Crippen MR) is 62.8 cm³/mol. The molecule has 0 saturated carbocycles. The Kier molecular flexibility index (Phi) is 2.53. The summed E-state index contributed by atoms with van der Waals surface area (Å²) in [6, 6.07) is 1.45. The van der Waals surface area contributed by atoms with Crippen molar-refractivity contribution < 1.29 is 19.6 Å². The number of carbonyl (C=O) groups excluding carboxylic acids is 1. The number of ether oxygens (including phenoxy) is 1. The van der Waals surface area contributed by atoms with Gasteiger partial charge in [0.1, 0.15) is 5.75 Å². The number of phenols is 1. The van der Waals surface area contributed by atoms with E-state index in [9.17, 15) is 20.0 Å². The zero-order chi connectivity index (χ0) is 13.7. The number of aromatic hydroxyl groups is 1. The van der Waals surface area contributed by atoms with Gasteiger partial charge in [-0.3, -0.25) is 14.9 Å². The van der Waals surface area contributed by atoms with E-state index < -0.39 is 16.3 Å². The zero-order valence-corrected chi connectivity index (χ0v) is 10.3. The molecule has 0 atom stereocenters. The number of aryl methyl sites for hydroxylation is 1. The fourth-order valence-electron chi connectivity index (χ4n) is 2.28. The summed E-state index contributed by atoms with van der Waals surface area (Å²) in [6.07, 6.45) is 0.0450. The van der Waals surface area contributed by atoms with Crippen LogP contribution in [0.2, 0.25) is 0 Å². The molecule has 0 fully saturated rings. The maximum atomic E-state index is 11.5. The summed E-state index contributed by atoms with van der Waals surface area (Å²) in [5.41, 5.74) is -0.526. The van der Waals surface area contributed by atoms with Gasteiger partial charge in [-0.05, 0) is 13.0 Å². The van der Waals surface area contributed by atoms with Gasteiger partial charge in [0.05, 0.1) is 16.9 Å². The molecule has 2 rings (SSSR count). The van der Waals surface area contributed by atoms with Gasteiger partial charge in [0.2, 0.25) is 0 Å². The van der Waals surface area contributed by atoms with Gasteiger partial charge in [-0.1, -0.05) is 13.8 Å². The molecule has 0 unspecified atom stereocenters. The number of nitro benzene ring substituents is 1. The molecule has 1 aliphatic rings. The third-order valence-corrected chi connectivity index (χ3v) is 3.10. The molecule has 6 nitrogen and oxygen atoms in total. The quantitative estimate of drug-likeness (QED) is 0.357. The van der Waals surface area contributed by atoms with Gasteiger partial charge < -0.3 is 9.84 Å². The molecule has 0 saturated heterocycles. The van der Waals surface area contributed by atoms with Gasteiger partial charge in [0, 0.05) is 11.0 Å². The van der Waals surface area contributed by atoms with E-state index in [1.807, 2.05) is 0 Å². The average molecular weight is 251 g/mol. The molecule has 1 aromatic rings. The van der Waals surface area contributed by atoms with Crippen molar-refractivity contribution in [2.24, 2.45) is 0 Å². The molecule has 0 aliphatic carbocycles. The number of hydrogen-bond acceptors (Lipinski definition) is 5. The van der Waals surface area contributed by atoms with Gasteiger partial charge in [0.15, 0.2) is 5.75 Å². The molecule has 1 aliphatic heterocycles. The number of nitrogens with zero attached hydrogens (tertiary/aromatic N) is 1. The normalized spacial score (nSPS) is 16.9. The maximum Gasteiger partial charge on any atom is 0.318 e. The molecular formula is C12H13NO5. The lowest BCUT2D eigenvalue weighted by atomic mass is 9.78. The number of fused-ring (bicyclic) bond motifs is 1. The lowest BCUT2D eigenvalue weighted by Crippen LogP contribution is -2.31. The molecule has 0 spiro atoms. The van der Waals surface area contributed by atoms with E-state index >= 15 is 0 Å². The SMILES string of the molecule is Cc1cc2c(c([N+](=O)[O-])c1O)C(C)(C)CC(=O)O2. The Bertz CT molecular complexity index is 562. The minimum absolute atomic E-state index is 0.0450. The minimum Gasteiger partial charge on any atom is -0.502 e. The van der Waals surface area contributed by atoms with Crippen LogP contribution in [0.5, 0.6) is 11.5 Å². The highest BCUT2D eigenvalue weighted by Crippen LogP contribution is 2.49. The van der Waals surface area contributed by atoms with Crippen LogP contribution >= 0.6 is 0 Å². The van der Waals surface area contributed by atoms with Crippen LogP contribution in [0.3, 0.4) is 0 Å². The minimum atomic E-state index is -0.738. The number of benzene rings is 1. The molecule has 18 heavy (non-hydrogen) atoms. The lowest BCUT2D eigenvalue weighted by molar-refractivity contribution is -0.387. The van der Waals surface area contributed by atoms with Gasteiger partial charge in [-0.15, -0.1) is 0 Å². The summed E-state index contributed by atoms with van der Waals surface area (Å²) in [5.74, 6) is -0.630. The highest BCUT2D eigenvalue weighted by Gasteiger charge is 2.42. The van der Waals surface area contributed by atoms with E-state index in [0.717, 1.165) is 0 Å². The Balaban J connectivity index is 2.83. The van der Waals surface area contributed by atoms with Crippen molar-refractivity contribution in [2.75, 3.05) is 0 Å². The Labute approximate surface area is 103 Å². The first kappa shape index (κ1) is 12.3. The van der Waals surface area contributed by atoms with E-state index in [4.69, 9.17) is 4.74 Å². The molecule has 0 aromatic heterocycles. The highest BCUT2D eigenvalue weighted by molar-refractivity contribution is 5.80. The predicted octanol–water partition coefficient (Wildman–Crippen LogP) is 2.20. The third kappa shape index (κ3) is 1.70.